The Labute approximate surface area is 44.9 Å². The Morgan fingerprint density at radius 3 is 3.25 bits per heavy atom. The Morgan fingerprint density at radius 1 is 1.38 bits per heavy atom. The first-order valence-electron chi connectivity index (χ1n) is 2.30. The first-order valence-corrected chi connectivity index (χ1v) is 2.30. The van der Waals surface area contributed by atoms with Crippen molar-refractivity contribution in [3.8, 4) is 0 Å². The molecule has 40 valence electrons. The molecule has 0 saturated heterocycles. The number of nitrogens with zero attached hydrogens (tertiary/aromatic N) is 2. The third-order valence-electron chi connectivity index (χ3n) is 1.05. The Balaban J connectivity index is 3.06. The first-order chi connectivity index (χ1) is 3.97. The quantitative estimate of drug-likeness (QED) is 0.509. The number of rotatable bonds is 0. The highest BCUT2D eigenvalue weighted by Crippen LogP contribution is 2.01. The molecule has 2 aromatic rings. The van der Waals surface area contributed by atoms with Crippen molar-refractivity contribution >= 4 is 11.0 Å². The molecule has 4 nitrogen and oxygen atoms in total. The van der Waals surface area contributed by atoms with Crippen molar-refractivity contribution in [2.45, 2.75) is 0 Å². The zero-order valence-corrected chi connectivity index (χ0v) is 4.05. The van der Waals surface area contributed by atoms with Crippen LogP contribution in [-0.2, 0) is 0 Å². The van der Waals surface area contributed by atoms with Crippen LogP contribution in [0.4, 0.5) is 0 Å². The fourth-order valence-corrected chi connectivity index (χ4v) is 0.661. The van der Waals surface area contributed by atoms with Crippen molar-refractivity contribution in [3.05, 3.63) is 12.4 Å². The van der Waals surface area contributed by atoms with Crippen LogP contribution in [0.2, 0.25) is 0 Å². The van der Waals surface area contributed by atoms with Crippen LogP contribution in [0.3, 0.4) is 0 Å². The fraction of sp³-hybridized carbons (Fsp3) is 0. The summed E-state index contributed by atoms with van der Waals surface area (Å²) in [5.41, 5.74) is 1.83. The van der Waals surface area contributed by atoms with Gasteiger partial charge in [0.15, 0.2) is 0 Å². The predicted octanol–water partition coefficient (Wildman–Crippen LogP) is 0.286. The molecule has 0 bridgehead atoms. The van der Waals surface area contributed by atoms with Gasteiger partial charge in [0.2, 0.25) is 0 Å². The van der Waals surface area contributed by atoms with Gasteiger partial charge in [0.25, 0.3) is 0 Å². The van der Waals surface area contributed by atoms with E-state index in [4.69, 9.17) is 0 Å². The molecule has 2 aromatic heterocycles. The van der Waals surface area contributed by atoms with Crippen molar-refractivity contribution in [1.29, 1.82) is 0 Å². The van der Waals surface area contributed by atoms with Crippen molar-refractivity contribution in [3.63, 3.8) is 0 Å². The van der Waals surface area contributed by atoms with Gasteiger partial charge in [-0.1, -0.05) is 5.21 Å². The molecule has 0 atom stereocenters. The van der Waals surface area contributed by atoms with Crippen molar-refractivity contribution < 1.29 is 0 Å². The molecule has 0 unspecified atom stereocenters. The molecular formula is C4H4N4. The molecule has 2 N–H and O–H groups in total. The highest BCUT2D eigenvalue weighted by Gasteiger charge is 1.92. The van der Waals surface area contributed by atoms with Gasteiger partial charge in [0.05, 0.1) is 0 Å². The van der Waals surface area contributed by atoms with E-state index in [1.807, 2.05) is 6.20 Å². The molecule has 0 radical (unpaired) electrons. The lowest BCUT2D eigenvalue weighted by Crippen LogP contribution is -1.66. The largest absolute Gasteiger partial charge is 0.364 e. The van der Waals surface area contributed by atoms with E-state index in [0.29, 0.717) is 0 Å². The molecule has 0 amide bonds. The third kappa shape index (κ3) is 0.294. The lowest BCUT2D eigenvalue weighted by atomic mass is 10.5. The summed E-state index contributed by atoms with van der Waals surface area (Å²) >= 11 is 0. The van der Waals surface area contributed by atoms with Gasteiger partial charge in [-0.25, -0.2) is 0 Å². The maximum Gasteiger partial charge on any atom is 0.130 e. The van der Waals surface area contributed by atoms with Gasteiger partial charge in [-0.3, -0.25) is 5.10 Å². The molecule has 0 aliphatic heterocycles. The van der Waals surface area contributed by atoms with E-state index in [9.17, 15) is 0 Å². The first kappa shape index (κ1) is 3.65. The SMILES string of the molecule is c1[nH]cc2[nH]nnc12. The summed E-state index contributed by atoms with van der Waals surface area (Å²) in [5, 5.41) is 10.0. The lowest BCUT2D eigenvalue weighted by Gasteiger charge is -1.61. The predicted molar refractivity (Wildman–Crippen MR) is 28.2 cm³/mol. The maximum absolute atomic E-state index is 3.74. The number of hydrogen-bond donors (Lipinski definition) is 2. The molecule has 0 fully saturated rings. The van der Waals surface area contributed by atoms with E-state index in [-0.39, 0.29) is 0 Å². The molecule has 2 rings (SSSR count). The number of nitrogens with one attached hydrogen (secondary N) is 2. The second kappa shape index (κ2) is 1.09. The lowest BCUT2D eigenvalue weighted by molar-refractivity contribution is 0.955. The molecule has 8 heavy (non-hydrogen) atoms. The van der Waals surface area contributed by atoms with Crippen LogP contribution in [0.15, 0.2) is 12.4 Å². The van der Waals surface area contributed by atoms with E-state index in [1.165, 1.54) is 0 Å². The minimum Gasteiger partial charge on any atom is -0.364 e. The molecular weight excluding hydrogens is 104 g/mol. The number of aromatic amines is 2. The van der Waals surface area contributed by atoms with Crippen LogP contribution in [0.5, 0.6) is 0 Å². The van der Waals surface area contributed by atoms with Crippen LogP contribution in [0.1, 0.15) is 0 Å². The second-order valence-corrected chi connectivity index (χ2v) is 1.57. The van der Waals surface area contributed by atoms with Crippen LogP contribution >= 0.6 is 0 Å². The molecule has 2 heterocycles. The topological polar surface area (TPSA) is 57.4 Å². The number of hydrogen-bond acceptors (Lipinski definition) is 2. The van der Waals surface area contributed by atoms with Gasteiger partial charge in [-0.05, 0) is 0 Å². The van der Waals surface area contributed by atoms with Crippen LogP contribution in [-0.4, -0.2) is 20.4 Å². The zero-order valence-electron chi connectivity index (χ0n) is 4.05. The summed E-state index contributed by atoms with van der Waals surface area (Å²) in [4.78, 5) is 2.88. The Hall–Kier alpha value is -1.32. The minimum atomic E-state index is 0.880. The minimum absolute atomic E-state index is 0.880. The van der Waals surface area contributed by atoms with Crippen molar-refractivity contribution in [2.75, 3.05) is 0 Å². The number of aromatic nitrogens is 4. The highest BCUT2D eigenvalue weighted by atomic mass is 15.3. The summed E-state index contributed by atoms with van der Waals surface area (Å²) in [6, 6.07) is 0. The highest BCUT2D eigenvalue weighted by molar-refractivity contribution is 5.71. The average molecular weight is 108 g/mol. The molecule has 0 spiro atoms. The van der Waals surface area contributed by atoms with E-state index in [2.05, 4.69) is 20.4 Å². The molecule has 0 saturated carbocycles. The normalized spacial score (nSPS) is 10.5. The average Bonchev–Trinajstić information content (AvgIpc) is 2.15. The van der Waals surface area contributed by atoms with Gasteiger partial charge in [0, 0.05) is 12.4 Å². The van der Waals surface area contributed by atoms with E-state index >= 15 is 0 Å². The van der Waals surface area contributed by atoms with Crippen LogP contribution < -0.4 is 0 Å². The van der Waals surface area contributed by atoms with Gasteiger partial charge in [-0.2, -0.15) is 0 Å². The number of fused-ring (bicyclic) bond motifs is 1. The molecule has 0 aliphatic carbocycles. The summed E-state index contributed by atoms with van der Waals surface area (Å²) in [5.74, 6) is 0. The molecule has 0 aliphatic rings. The maximum atomic E-state index is 3.74. The van der Waals surface area contributed by atoms with Gasteiger partial charge < -0.3 is 4.98 Å². The Kier molecular flexibility index (Phi) is 0.498. The summed E-state index contributed by atoms with van der Waals surface area (Å²) < 4.78 is 0. The number of H-pyrrole nitrogens is 2. The van der Waals surface area contributed by atoms with Crippen molar-refractivity contribution in [1.82, 2.24) is 20.4 Å². The van der Waals surface area contributed by atoms with Crippen LogP contribution in [0, 0.1) is 0 Å². The van der Waals surface area contributed by atoms with Gasteiger partial charge in [-0.15, -0.1) is 5.10 Å². The van der Waals surface area contributed by atoms with E-state index in [1.54, 1.807) is 6.20 Å². The monoisotopic (exact) mass is 108 g/mol. The molecule has 4 heteroatoms. The van der Waals surface area contributed by atoms with Gasteiger partial charge in [0.1, 0.15) is 11.0 Å². The third-order valence-corrected chi connectivity index (χ3v) is 1.05. The van der Waals surface area contributed by atoms with Crippen LogP contribution in [0.25, 0.3) is 11.0 Å². The van der Waals surface area contributed by atoms with Gasteiger partial charge >= 0.3 is 0 Å². The van der Waals surface area contributed by atoms with E-state index in [0.717, 1.165) is 11.0 Å². The fourth-order valence-electron chi connectivity index (χ4n) is 0.661. The molecule has 0 aromatic carbocycles. The smallest absolute Gasteiger partial charge is 0.130 e. The summed E-state index contributed by atoms with van der Waals surface area (Å²) in [7, 11) is 0. The van der Waals surface area contributed by atoms with E-state index < -0.39 is 0 Å². The Morgan fingerprint density at radius 2 is 2.38 bits per heavy atom. The zero-order chi connectivity index (χ0) is 5.40. The standard InChI is InChI=1S/C4H4N4/c1-3-4(2-5-1)7-8-6-3/h1-2,5H,(H,6,7). The second-order valence-electron chi connectivity index (χ2n) is 1.57. The summed E-state index contributed by atoms with van der Waals surface area (Å²) in [6.45, 7) is 0. The Bertz CT molecular complexity index is 229. The summed E-state index contributed by atoms with van der Waals surface area (Å²) in [6.07, 6.45) is 3.61. The van der Waals surface area contributed by atoms with Crippen molar-refractivity contribution in [2.24, 2.45) is 0 Å².